The van der Waals surface area contributed by atoms with Gasteiger partial charge in [0.25, 0.3) is 0 Å². The summed E-state index contributed by atoms with van der Waals surface area (Å²) in [7, 11) is 0. The molecule has 17 heavy (non-hydrogen) atoms. The van der Waals surface area contributed by atoms with Crippen molar-refractivity contribution in [2.24, 2.45) is 0 Å². The Morgan fingerprint density at radius 2 is 2.18 bits per heavy atom. The molecule has 5 heteroatoms. The number of hydrogen-bond donors (Lipinski definition) is 1. The minimum absolute atomic E-state index is 0.287. The summed E-state index contributed by atoms with van der Waals surface area (Å²) in [5.41, 5.74) is 0.450. The maximum atomic E-state index is 13.4. The number of nitrogens with one attached hydrogen (secondary N) is 1. The van der Waals surface area contributed by atoms with Crippen LogP contribution in [0.15, 0.2) is 34.8 Å². The molecule has 1 heterocycles. The first-order valence-corrected chi connectivity index (χ1v) is 6.48. The molecule has 0 aliphatic rings. The molecule has 2 aromatic rings. The second-order valence-corrected chi connectivity index (χ2v) is 5.44. The molecule has 0 radical (unpaired) electrons. The van der Waals surface area contributed by atoms with Crippen LogP contribution in [0.4, 0.5) is 10.1 Å². The smallest absolute Gasteiger partial charge is 0.146 e. The largest absolute Gasteiger partial charge is 0.378 e. The highest BCUT2D eigenvalue weighted by atomic mass is 79.9. The lowest BCUT2D eigenvalue weighted by Crippen LogP contribution is -1.99. The van der Waals surface area contributed by atoms with E-state index in [2.05, 4.69) is 27.3 Å². The molecule has 0 unspecified atom stereocenters. The first-order chi connectivity index (χ1) is 8.19. The molecule has 1 aromatic carbocycles. The summed E-state index contributed by atoms with van der Waals surface area (Å²) in [6.07, 6.45) is 0. The number of hydrogen-bond acceptors (Lipinski definition) is 3. The highest BCUT2D eigenvalue weighted by Crippen LogP contribution is 2.22. The van der Waals surface area contributed by atoms with Crippen molar-refractivity contribution in [2.75, 3.05) is 5.32 Å². The van der Waals surface area contributed by atoms with E-state index in [4.69, 9.17) is 5.26 Å². The molecule has 2 nitrogen and oxygen atoms in total. The van der Waals surface area contributed by atoms with Crippen LogP contribution in [-0.2, 0) is 6.54 Å². The number of rotatable bonds is 3. The van der Waals surface area contributed by atoms with Gasteiger partial charge in [0.2, 0.25) is 0 Å². The molecule has 1 N–H and O–H groups in total. The fourth-order valence-corrected chi connectivity index (χ4v) is 2.45. The Bertz CT molecular complexity index is 574. The van der Waals surface area contributed by atoms with Crippen molar-refractivity contribution >= 4 is 33.0 Å². The summed E-state index contributed by atoms with van der Waals surface area (Å²) in [6.45, 7) is 0.514. The molecule has 0 bridgehead atoms. The number of halogens is 2. The fourth-order valence-electron chi connectivity index (χ4n) is 1.35. The Morgan fingerprint density at radius 3 is 2.88 bits per heavy atom. The molecule has 0 spiro atoms. The zero-order valence-electron chi connectivity index (χ0n) is 8.71. The fraction of sp³-hybridized carbons (Fsp3) is 0.0833. The first-order valence-electron chi connectivity index (χ1n) is 4.87. The summed E-state index contributed by atoms with van der Waals surface area (Å²) >= 11 is 4.70. The van der Waals surface area contributed by atoms with Gasteiger partial charge >= 0.3 is 0 Å². The van der Waals surface area contributed by atoms with Crippen LogP contribution in [0.25, 0.3) is 0 Å². The van der Waals surface area contributed by atoms with E-state index < -0.39 is 0 Å². The maximum absolute atomic E-state index is 13.4. The summed E-state index contributed by atoms with van der Waals surface area (Å²) < 4.78 is 14.2. The van der Waals surface area contributed by atoms with E-state index in [1.165, 1.54) is 17.4 Å². The third kappa shape index (κ3) is 3.05. The van der Waals surface area contributed by atoms with Crippen molar-refractivity contribution in [3.63, 3.8) is 0 Å². The minimum Gasteiger partial charge on any atom is -0.378 e. The number of nitrogens with zero attached hydrogens (tertiary/aromatic N) is 1. The lowest BCUT2D eigenvalue weighted by Gasteiger charge is -2.06. The van der Waals surface area contributed by atoms with Crippen LogP contribution < -0.4 is 5.32 Å². The van der Waals surface area contributed by atoms with Crippen molar-refractivity contribution < 1.29 is 4.39 Å². The van der Waals surface area contributed by atoms with Crippen LogP contribution in [0.5, 0.6) is 0 Å². The molecule has 0 saturated heterocycles. The van der Waals surface area contributed by atoms with Gasteiger partial charge in [-0.2, -0.15) is 5.26 Å². The predicted octanol–water partition coefficient (Wildman–Crippen LogP) is 4.13. The van der Waals surface area contributed by atoms with Crippen molar-refractivity contribution in [1.82, 2.24) is 0 Å². The van der Waals surface area contributed by atoms with Crippen LogP contribution in [0.1, 0.15) is 9.75 Å². The Kier molecular flexibility index (Phi) is 3.77. The number of anilines is 1. The molecule has 0 aliphatic heterocycles. The van der Waals surface area contributed by atoms with Crippen molar-refractivity contribution in [3.05, 3.63) is 50.4 Å². The van der Waals surface area contributed by atoms with Crippen molar-refractivity contribution in [1.29, 1.82) is 5.26 Å². The summed E-state index contributed by atoms with van der Waals surface area (Å²) in [4.78, 5) is 1.66. The van der Waals surface area contributed by atoms with Gasteiger partial charge in [0, 0.05) is 15.9 Å². The minimum atomic E-state index is -0.287. The molecule has 1 aromatic heterocycles. The van der Waals surface area contributed by atoms with E-state index in [0.717, 1.165) is 9.35 Å². The van der Waals surface area contributed by atoms with Crippen LogP contribution in [0, 0.1) is 17.1 Å². The van der Waals surface area contributed by atoms with Crippen molar-refractivity contribution in [3.8, 4) is 6.07 Å². The number of nitriles is 1. The van der Waals surface area contributed by atoms with Gasteiger partial charge in [0.05, 0.1) is 5.69 Å². The molecule has 0 amide bonds. The van der Waals surface area contributed by atoms with E-state index in [1.807, 2.05) is 6.07 Å². The van der Waals surface area contributed by atoms with Gasteiger partial charge in [0.1, 0.15) is 16.8 Å². The molecule has 0 fully saturated rings. The van der Waals surface area contributed by atoms with Gasteiger partial charge in [0.15, 0.2) is 0 Å². The van der Waals surface area contributed by atoms with Crippen LogP contribution in [0.2, 0.25) is 0 Å². The average molecular weight is 311 g/mol. The van der Waals surface area contributed by atoms with E-state index in [1.54, 1.807) is 18.2 Å². The lowest BCUT2D eigenvalue weighted by molar-refractivity contribution is 0.630. The van der Waals surface area contributed by atoms with E-state index in [-0.39, 0.29) is 5.82 Å². The Morgan fingerprint density at radius 1 is 1.35 bits per heavy atom. The normalized spacial score (nSPS) is 9.94. The highest BCUT2D eigenvalue weighted by molar-refractivity contribution is 9.10. The molecule has 86 valence electrons. The van der Waals surface area contributed by atoms with Crippen molar-refractivity contribution in [2.45, 2.75) is 6.54 Å². The van der Waals surface area contributed by atoms with Crippen LogP contribution in [-0.4, -0.2) is 0 Å². The highest BCUT2D eigenvalue weighted by Gasteiger charge is 2.04. The SMILES string of the molecule is N#Cc1ccc(CNc2cc(Br)ccc2F)s1. The quantitative estimate of drug-likeness (QED) is 0.925. The van der Waals surface area contributed by atoms with Gasteiger partial charge in [-0.3, -0.25) is 0 Å². The summed E-state index contributed by atoms with van der Waals surface area (Å²) in [6, 6.07) is 10.5. The number of thiophene rings is 1. The molecule has 0 saturated carbocycles. The van der Waals surface area contributed by atoms with Gasteiger partial charge in [-0.1, -0.05) is 15.9 Å². The predicted molar refractivity (Wildman–Crippen MR) is 70.5 cm³/mol. The Labute approximate surface area is 111 Å². The lowest BCUT2D eigenvalue weighted by atomic mass is 10.3. The second kappa shape index (κ2) is 5.30. The zero-order valence-corrected chi connectivity index (χ0v) is 11.1. The summed E-state index contributed by atoms with van der Waals surface area (Å²) in [5.74, 6) is -0.287. The maximum Gasteiger partial charge on any atom is 0.146 e. The van der Waals surface area contributed by atoms with Crippen LogP contribution in [0.3, 0.4) is 0 Å². The molecular weight excluding hydrogens is 303 g/mol. The third-order valence-corrected chi connectivity index (χ3v) is 3.64. The van der Waals surface area contributed by atoms with Crippen LogP contribution >= 0.6 is 27.3 Å². The van der Waals surface area contributed by atoms with E-state index in [0.29, 0.717) is 17.1 Å². The van der Waals surface area contributed by atoms with Gasteiger partial charge in [-0.25, -0.2) is 4.39 Å². The van der Waals surface area contributed by atoms with Gasteiger partial charge in [-0.05, 0) is 30.3 Å². The monoisotopic (exact) mass is 310 g/mol. The average Bonchev–Trinajstić information content (AvgIpc) is 2.78. The van der Waals surface area contributed by atoms with E-state index in [9.17, 15) is 4.39 Å². The molecule has 0 atom stereocenters. The molecular formula is C12H8BrFN2S. The topological polar surface area (TPSA) is 35.8 Å². The molecule has 2 rings (SSSR count). The first kappa shape index (κ1) is 12.1. The summed E-state index contributed by atoms with van der Waals surface area (Å²) in [5, 5.41) is 11.7. The van der Waals surface area contributed by atoms with Gasteiger partial charge in [-0.15, -0.1) is 11.3 Å². The Hall–Kier alpha value is -1.38. The molecule has 0 aliphatic carbocycles. The second-order valence-electron chi connectivity index (χ2n) is 3.36. The van der Waals surface area contributed by atoms with E-state index >= 15 is 0 Å². The third-order valence-electron chi connectivity index (χ3n) is 2.15. The zero-order chi connectivity index (χ0) is 12.3. The number of benzene rings is 1. The standard InChI is InChI=1S/C12H8BrFN2S/c13-8-1-4-11(14)12(5-8)16-7-10-3-2-9(6-15)17-10/h1-5,16H,7H2. The van der Waals surface area contributed by atoms with Gasteiger partial charge < -0.3 is 5.32 Å². The Balaban J connectivity index is 2.07.